The summed E-state index contributed by atoms with van der Waals surface area (Å²) in [4.78, 5) is 13.3. The second kappa shape index (κ2) is 9.87. The maximum atomic E-state index is 13.3. The summed E-state index contributed by atoms with van der Waals surface area (Å²) in [7, 11) is 0. The highest BCUT2D eigenvalue weighted by Gasteiger charge is 2.19. The molecule has 0 aliphatic rings. The molecule has 3 aromatic carbocycles. The molecule has 0 atom stereocenters. The molecule has 5 rings (SSSR count). The number of anilines is 1. The largest absolute Gasteiger partial charge is 0.492 e. The number of ether oxygens (including phenoxy) is 1. The van der Waals surface area contributed by atoms with E-state index >= 15 is 0 Å². The lowest BCUT2D eigenvalue weighted by atomic mass is 10.1. The molecule has 34 heavy (non-hydrogen) atoms. The van der Waals surface area contributed by atoms with Crippen LogP contribution >= 0.6 is 0 Å². The highest BCUT2D eigenvalue weighted by molar-refractivity contribution is 6.08. The third-order valence-electron chi connectivity index (χ3n) is 5.27. The number of nitrogens with one attached hydrogen (secondary N) is 1. The molecule has 0 saturated carbocycles. The Morgan fingerprint density at radius 3 is 2.47 bits per heavy atom. The second-order valence-electron chi connectivity index (χ2n) is 7.64. The first-order valence-corrected chi connectivity index (χ1v) is 11.0. The van der Waals surface area contributed by atoms with Crippen LogP contribution in [0, 0.1) is 0 Å². The standard InChI is InChI=1S/C27H23N5O2/c33-27(29-22-11-7-14-24(19-22)34-18-17-31-16-8-15-28-31)25-20-32(23-12-5-2-6-13-23)30-26(25)21-9-3-1-4-10-21/h1-16,19-20H,17-18H2,(H,29,33). The van der Waals surface area contributed by atoms with Gasteiger partial charge in [0.2, 0.25) is 0 Å². The fourth-order valence-electron chi connectivity index (χ4n) is 3.61. The number of aromatic nitrogens is 4. The van der Waals surface area contributed by atoms with E-state index in [9.17, 15) is 4.79 Å². The van der Waals surface area contributed by atoms with E-state index in [1.54, 1.807) is 21.8 Å². The van der Waals surface area contributed by atoms with E-state index in [1.807, 2.05) is 97.2 Å². The van der Waals surface area contributed by atoms with Gasteiger partial charge in [-0.05, 0) is 30.3 Å². The number of hydrogen-bond acceptors (Lipinski definition) is 4. The molecule has 2 aromatic heterocycles. The number of rotatable bonds is 8. The molecule has 168 valence electrons. The zero-order chi connectivity index (χ0) is 23.2. The molecule has 0 saturated heterocycles. The van der Waals surface area contributed by atoms with Crippen molar-refractivity contribution in [1.29, 1.82) is 0 Å². The van der Waals surface area contributed by atoms with Crippen molar-refractivity contribution in [3.05, 3.63) is 115 Å². The van der Waals surface area contributed by atoms with Crippen molar-refractivity contribution in [1.82, 2.24) is 19.6 Å². The molecule has 1 amide bonds. The van der Waals surface area contributed by atoms with Crippen LogP contribution in [0.4, 0.5) is 5.69 Å². The molecule has 1 N–H and O–H groups in total. The number of carbonyl (C=O) groups excluding carboxylic acids is 1. The number of carbonyl (C=O) groups is 1. The molecule has 0 spiro atoms. The van der Waals surface area contributed by atoms with E-state index < -0.39 is 0 Å². The first-order valence-electron chi connectivity index (χ1n) is 11.0. The SMILES string of the molecule is O=C(Nc1cccc(OCCn2cccn2)c1)c1cn(-c2ccccc2)nc1-c1ccccc1. The van der Waals surface area contributed by atoms with Gasteiger partial charge in [-0.2, -0.15) is 10.2 Å². The van der Waals surface area contributed by atoms with Crippen molar-refractivity contribution in [2.24, 2.45) is 0 Å². The van der Waals surface area contributed by atoms with Crippen LogP contribution in [0.3, 0.4) is 0 Å². The Kier molecular flexibility index (Phi) is 6.16. The number of amides is 1. The lowest BCUT2D eigenvalue weighted by Gasteiger charge is -2.09. The van der Waals surface area contributed by atoms with E-state index in [0.29, 0.717) is 35.8 Å². The summed E-state index contributed by atoms with van der Waals surface area (Å²) < 4.78 is 9.37. The number of hydrogen-bond donors (Lipinski definition) is 1. The Morgan fingerprint density at radius 2 is 1.71 bits per heavy atom. The summed E-state index contributed by atoms with van der Waals surface area (Å²) in [5, 5.41) is 11.9. The molecular formula is C27H23N5O2. The molecule has 0 aliphatic carbocycles. The summed E-state index contributed by atoms with van der Waals surface area (Å²) >= 11 is 0. The Bertz CT molecular complexity index is 1360. The Morgan fingerprint density at radius 1 is 0.912 bits per heavy atom. The van der Waals surface area contributed by atoms with E-state index in [0.717, 1.165) is 11.3 Å². The van der Waals surface area contributed by atoms with Gasteiger partial charge in [-0.25, -0.2) is 4.68 Å². The van der Waals surface area contributed by atoms with Crippen LogP contribution in [-0.4, -0.2) is 32.1 Å². The fourth-order valence-corrected chi connectivity index (χ4v) is 3.61. The Hall–Kier alpha value is -4.65. The molecule has 7 nitrogen and oxygen atoms in total. The molecular weight excluding hydrogens is 426 g/mol. The van der Waals surface area contributed by atoms with Crippen molar-refractivity contribution in [3.63, 3.8) is 0 Å². The number of nitrogens with zero attached hydrogens (tertiary/aromatic N) is 4. The fraction of sp³-hybridized carbons (Fsp3) is 0.0741. The molecule has 7 heteroatoms. The second-order valence-corrected chi connectivity index (χ2v) is 7.64. The number of benzene rings is 3. The minimum atomic E-state index is -0.241. The van der Waals surface area contributed by atoms with Gasteiger partial charge >= 0.3 is 0 Å². The van der Waals surface area contributed by atoms with Gasteiger partial charge in [-0.15, -0.1) is 0 Å². The van der Waals surface area contributed by atoms with E-state index in [2.05, 4.69) is 10.4 Å². The van der Waals surface area contributed by atoms with Gasteiger partial charge < -0.3 is 10.1 Å². The zero-order valence-electron chi connectivity index (χ0n) is 18.4. The number of para-hydroxylation sites is 1. The van der Waals surface area contributed by atoms with Crippen molar-refractivity contribution in [2.75, 3.05) is 11.9 Å². The maximum absolute atomic E-state index is 13.3. The van der Waals surface area contributed by atoms with Gasteiger partial charge in [0.05, 0.1) is 17.8 Å². The van der Waals surface area contributed by atoms with Crippen LogP contribution in [0.15, 0.2) is 110 Å². The predicted molar refractivity (Wildman–Crippen MR) is 131 cm³/mol. The Balaban J connectivity index is 1.36. The van der Waals surface area contributed by atoms with Crippen LogP contribution in [-0.2, 0) is 6.54 Å². The lowest BCUT2D eigenvalue weighted by Crippen LogP contribution is -2.13. The summed E-state index contributed by atoms with van der Waals surface area (Å²) in [6, 6.07) is 28.7. The van der Waals surface area contributed by atoms with Gasteiger partial charge in [0.1, 0.15) is 18.1 Å². The first-order chi connectivity index (χ1) is 16.8. The molecule has 5 aromatic rings. The molecule has 0 radical (unpaired) electrons. The summed E-state index contributed by atoms with van der Waals surface area (Å²) in [5.74, 6) is 0.433. The highest BCUT2D eigenvalue weighted by Crippen LogP contribution is 2.25. The molecule has 0 fully saturated rings. The topological polar surface area (TPSA) is 74.0 Å². The van der Waals surface area contributed by atoms with Crippen molar-refractivity contribution >= 4 is 11.6 Å². The molecule has 0 bridgehead atoms. The predicted octanol–water partition coefficient (Wildman–Crippen LogP) is 5.07. The molecule has 2 heterocycles. The third kappa shape index (κ3) is 4.88. The zero-order valence-corrected chi connectivity index (χ0v) is 18.4. The van der Waals surface area contributed by atoms with Crippen molar-refractivity contribution in [3.8, 4) is 22.7 Å². The van der Waals surface area contributed by atoms with Gasteiger partial charge in [0.15, 0.2) is 0 Å². The van der Waals surface area contributed by atoms with E-state index in [-0.39, 0.29) is 5.91 Å². The smallest absolute Gasteiger partial charge is 0.259 e. The van der Waals surface area contributed by atoms with E-state index in [1.165, 1.54) is 0 Å². The average molecular weight is 450 g/mol. The summed E-state index contributed by atoms with van der Waals surface area (Å²) in [6.07, 6.45) is 5.39. The van der Waals surface area contributed by atoms with Crippen molar-refractivity contribution < 1.29 is 9.53 Å². The normalized spacial score (nSPS) is 10.7. The van der Waals surface area contributed by atoms with Gasteiger partial charge in [0, 0.05) is 35.9 Å². The highest BCUT2D eigenvalue weighted by atomic mass is 16.5. The van der Waals surface area contributed by atoms with Gasteiger partial charge in [-0.3, -0.25) is 9.48 Å². The van der Waals surface area contributed by atoms with Gasteiger partial charge in [-0.1, -0.05) is 54.6 Å². The lowest BCUT2D eigenvalue weighted by molar-refractivity contribution is 0.102. The monoisotopic (exact) mass is 449 g/mol. The first kappa shape index (κ1) is 21.2. The summed E-state index contributed by atoms with van der Waals surface area (Å²) in [5.41, 5.74) is 3.51. The van der Waals surface area contributed by atoms with Crippen LogP contribution in [0.1, 0.15) is 10.4 Å². The average Bonchev–Trinajstić information content (AvgIpc) is 3.56. The van der Waals surface area contributed by atoms with Crippen LogP contribution in [0.2, 0.25) is 0 Å². The molecule has 0 aliphatic heterocycles. The minimum Gasteiger partial charge on any atom is -0.492 e. The van der Waals surface area contributed by atoms with Gasteiger partial charge in [0.25, 0.3) is 5.91 Å². The minimum absolute atomic E-state index is 0.241. The third-order valence-corrected chi connectivity index (χ3v) is 5.27. The van der Waals surface area contributed by atoms with E-state index in [4.69, 9.17) is 9.84 Å². The summed E-state index contributed by atoms with van der Waals surface area (Å²) in [6.45, 7) is 1.11. The van der Waals surface area contributed by atoms with Crippen LogP contribution in [0.5, 0.6) is 5.75 Å². The Labute approximate surface area is 197 Å². The quantitative estimate of drug-likeness (QED) is 0.359. The van der Waals surface area contributed by atoms with Crippen molar-refractivity contribution in [2.45, 2.75) is 6.54 Å². The van der Waals surface area contributed by atoms with Crippen LogP contribution < -0.4 is 10.1 Å². The molecule has 0 unspecified atom stereocenters. The maximum Gasteiger partial charge on any atom is 0.259 e. The van der Waals surface area contributed by atoms with Crippen LogP contribution in [0.25, 0.3) is 16.9 Å².